The third kappa shape index (κ3) is 3.71. The van der Waals surface area contributed by atoms with Crippen molar-refractivity contribution >= 4 is 17.2 Å². The molecule has 0 spiro atoms. The van der Waals surface area contributed by atoms with Crippen LogP contribution in [-0.2, 0) is 30.6 Å². The van der Waals surface area contributed by atoms with Crippen LogP contribution in [0.5, 0.6) is 0 Å². The van der Waals surface area contributed by atoms with E-state index in [4.69, 9.17) is 0 Å². The first kappa shape index (κ1) is 17.7. The molecule has 0 atom stereocenters. The molecule has 27 heavy (non-hydrogen) atoms. The van der Waals surface area contributed by atoms with E-state index < -0.39 is 0 Å². The average molecular weight is 379 g/mol. The Balaban J connectivity index is 1.56. The molecule has 3 aromatic rings. The molecule has 1 amide bonds. The fourth-order valence-corrected chi connectivity index (χ4v) is 4.04. The number of hydrogen-bond donors (Lipinski definition) is 1. The van der Waals surface area contributed by atoms with Crippen molar-refractivity contribution in [2.24, 2.45) is 0 Å². The summed E-state index contributed by atoms with van der Waals surface area (Å²) in [4.78, 5) is 35.5. The van der Waals surface area contributed by atoms with Crippen LogP contribution >= 0.6 is 11.3 Å². The van der Waals surface area contributed by atoms with Crippen molar-refractivity contribution in [2.75, 3.05) is 6.54 Å². The van der Waals surface area contributed by atoms with E-state index in [0.29, 0.717) is 37.3 Å². The van der Waals surface area contributed by atoms with Gasteiger partial charge in [-0.1, -0.05) is 37.3 Å². The number of amides is 1. The fraction of sp³-hybridized carbons (Fsp3) is 0.286. The van der Waals surface area contributed by atoms with E-state index >= 15 is 0 Å². The lowest BCUT2D eigenvalue weighted by atomic mass is 10.1. The summed E-state index contributed by atoms with van der Waals surface area (Å²) in [6.07, 6.45) is 1.97. The van der Waals surface area contributed by atoms with Crippen LogP contribution in [0.3, 0.4) is 0 Å². The molecule has 1 aliphatic heterocycles. The predicted octanol–water partition coefficient (Wildman–Crippen LogP) is 3.19. The van der Waals surface area contributed by atoms with Crippen LogP contribution in [0, 0.1) is 0 Å². The maximum Gasteiger partial charge on any atom is 0.256 e. The number of thiophene rings is 1. The van der Waals surface area contributed by atoms with Gasteiger partial charge >= 0.3 is 0 Å². The Morgan fingerprint density at radius 2 is 2.07 bits per heavy atom. The molecule has 1 aromatic carbocycles. The van der Waals surface area contributed by atoms with Crippen molar-refractivity contribution in [3.63, 3.8) is 0 Å². The Morgan fingerprint density at radius 3 is 2.78 bits per heavy atom. The molecule has 6 heteroatoms. The quantitative estimate of drug-likeness (QED) is 0.757. The number of benzene rings is 1. The molecular weight excluding hydrogens is 358 g/mol. The molecule has 1 aliphatic rings. The highest BCUT2D eigenvalue weighted by molar-refractivity contribution is 7.10. The molecule has 1 N–H and O–H groups in total. The number of aromatic nitrogens is 2. The van der Waals surface area contributed by atoms with Gasteiger partial charge in [-0.2, -0.15) is 0 Å². The number of carbonyl (C=O) groups excluding carboxylic acids is 1. The van der Waals surface area contributed by atoms with Crippen molar-refractivity contribution in [2.45, 2.75) is 32.7 Å². The number of rotatable bonds is 4. The zero-order chi connectivity index (χ0) is 18.8. The minimum absolute atomic E-state index is 0.0572. The van der Waals surface area contributed by atoms with Crippen LogP contribution in [0.2, 0.25) is 0 Å². The molecule has 2 aromatic heterocycles. The number of hydrogen-bond acceptors (Lipinski definition) is 4. The van der Waals surface area contributed by atoms with Gasteiger partial charge in [-0.05, 0) is 23.4 Å². The number of nitrogens with one attached hydrogen (secondary N) is 1. The van der Waals surface area contributed by atoms with Crippen LogP contribution in [0.1, 0.15) is 28.6 Å². The molecule has 0 aliphatic carbocycles. The van der Waals surface area contributed by atoms with E-state index in [1.165, 1.54) is 5.56 Å². The highest BCUT2D eigenvalue weighted by Crippen LogP contribution is 2.20. The Kier molecular flexibility index (Phi) is 4.90. The van der Waals surface area contributed by atoms with Crippen molar-refractivity contribution in [3.05, 3.63) is 73.8 Å². The van der Waals surface area contributed by atoms with Crippen LogP contribution in [0.25, 0.3) is 11.4 Å². The minimum atomic E-state index is -0.150. The Morgan fingerprint density at radius 1 is 1.26 bits per heavy atom. The van der Waals surface area contributed by atoms with Crippen LogP contribution in [-0.4, -0.2) is 27.3 Å². The average Bonchev–Trinajstić information content (AvgIpc) is 3.20. The second-order valence-electron chi connectivity index (χ2n) is 6.71. The fourth-order valence-electron chi connectivity index (χ4n) is 3.35. The van der Waals surface area contributed by atoms with Gasteiger partial charge in [0.1, 0.15) is 5.82 Å². The number of fused-ring (bicyclic) bond motifs is 1. The van der Waals surface area contributed by atoms with Crippen molar-refractivity contribution < 1.29 is 4.79 Å². The summed E-state index contributed by atoms with van der Waals surface area (Å²) in [5.41, 5.74) is 3.41. The number of carbonyl (C=O) groups is 1. The van der Waals surface area contributed by atoms with Gasteiger partial charge in [0.2, 0.25) is 5.91 Å². The molecular formula is C21H21N3O2S. The van der Waals surface area contributed by atoms with E-state index in [0.717, 1.165) is 22.6 Å². The third-order valence-corrected chi connectivity index (χ3v) is 5.84. The highest BCUT2D eigenvalue weighted by Gasteiger charge is 2.25. The Bertz CT molecular complexity index is 1010. The molecule has 0 bridgehead atoms. The van der Waals surface area contributed by atoms with Gasteiger partial charge in [-0.25, -0.2) is 4.98 Å². The summed E-state index contributed by atoms with van der Waals surface area (Å²) in [7, 11) is 0. The van der Waals surface area contributed by atoms with Crippen LogP contribution in [0.4, 0.5) is 0 Å². The first-order chi connectivity index (χ1) is 13.1. The molecule has 0 saturated heterocycles. The minimum Gasteiger partial charge on any atom is -0.337 e. The van der Waals surface area contributed by atoms with Crippen molar-refractivity contribution in [1.29, 1.82) is 0 Å². The van der Waals surface area contributed by atoms with Gasteiger partial charge in [0, 0.05) is 23.4 Å². The monoisotopic (exact) mass is 379 g/mol. The maximum atomic E-state index is 12.6. The summed E-state index contributed by atoms with van der Waals surface area (Å²) >= 11 is 1.58. The summed E-state index contributed by atoms with van der Waals surface area (Å²) in [6, 6.07) is 12.0. The van der Waals surface area contributed by atoms with Gasteiger partial charge < -0.3 is 9.88 Å². The first-order valence-electron chi connectivity index (χ1n) is 9.15. The van der Waals surface area contributed by atoms with E-state index in [9.17, 15) is 9.59 Å². The predicted molar refractivity (Wildman–Crippen MR) is 107 cm³/mol. The highest BCUT2D eigenvalue weighted by atomic mass is 32.1. The zero-order valence-corrected chi connectivity index (χ0v) is 16.0. The van der Waals surface area contributed by atoms with E-state index in [1.807, 2.05) is 29.6 Å². The van der Waals surface area contributed by atoms with E-state index in [1.54, 1.807) is 16.2 Å². The Hall–Kier alpha value is -2.73. The lowest BCUT2D eigenvalue weighted by Crippen LogP contribution is -2.40. The standard InChI is InChI=1S/C21H21N3O2S/c1-2-14-5-7-15(8-6-14)20-22-18-9-10-24(13-17(18)21(26)23-20)19(25)12-16-4-3-11-27-16/h3-8,11H,2,9-10,12-13H2,1H3,(H,22,23,26). The van der Waals surface area contributed by atoms with Crippen molar-refractivity contribution in [1.82, 2.24) is 14.9 Å². The van der Waals surface area contributed by atoms with Gasteiger partial charge in [-0.3, -0.25) is 9.59 Å². The normalized spacial score (nSPS) is 13.4. The third-order valence-electron chi connectivity index (χ3n) is 4.96. The summed E-state index contributed by atoms with van der Waals surface area (Å²) < 4.78 is 0. The molecule has 0 radical (unpaired) electrons. The first-order valence-corrected chi connectivity index (χ1v) is 10.0. The number of aromatic amines is 1. The Labute approximate surface area is 161 Å². The zero-order valence-electron chi connectivity index (χ0n) is 15.2. The second kappa shape index (κ2) is 7.48. The largest absolute Gasteiger partial charge is 0.337 e. The second-order valence-corrected chi connectivity index (χ2v) is 7.74. The van der Waals surface area contributed by atoms with E-state index in [-0.39, 0.29) is 11.5 Å². The smallest absolute Gasteiger partial charge is 0.256 e. The molecule has 5 nitrogen and oxygen atoms in total. The molecule has 0 saturated carbocycles. The summed E-state index contributed by atoms with van der Waals surface area (Å²) in [5.74, 6) is 0.654. The van der Waals surface area contributed by atoms with E-state index in [2.05, 4.69) is 29.0 Å². The number of H-pyrrole nitrogens is 1. The van der Waals surface area contributed by atoms with Gasteiger partial charge in [0.25, 0.3) is 5.56 Å². The van der Waals surface area contributed by atoms with Gasteiger partial charge in [-0.15, -0.1) is 11.3 Å². The molecule has 0 fully saturated rings. The van der Waals surface area contributed by atoms with Crippen LogP contribution < -0.4 is 5.56 Å². The topological polar surface area (TPSA) is 66.1 Å². The summed E-state index contributed by atoms with van der Waals surface area (Å²) in [6.45, 7) is 3.04. The molecule has 3 heterocycles. The number of nitrogens with zero attached hydrogens (tertiary/aromatic N) is 2. The summed E-state index contributed by atoms with van der Waals surface area (Å²) in [5, 5.41) is 1.97. The van der Waals surface area contributed by atoms with Gasteiger partial charge in [0.15, 0.2) is 0 Å². The van der Waals surface area contributed by atoms with Crippen LogP contribution in [0.15, 0.2) is 46.6 Å². The van der Waals surface area contributed by atoms with Gasteiger partial charge in [0.05, 0.1) is 24.2 Å². The SMILES string of the molecule is CCc1ccc(-c2nc3c(c(=O)[nH]2)CN(C(=O)Cc2cccs2)CC3)cc1. The lowest BCUT2D eigenvalue weighted by molar-refractivity contribution is -0.131. The number of aryl methyl sites for hydroxylation is 1. The van der Waals surface area contributed by atoms with Crippen molar-refractivity contribution in [3.8, 4) is 11.4 Å². The lowest BCUT2D eigenvalue weighted by Gasteiger charge is -2.27. The molecule has 0 unspecified atom stereocenters. The molecule has 138 valence electrons. The molecule has 4 rings (SSSR count). The maximum absolute atomic E-state index is 12.6.